The van der Waals surface area contributed by atoms with E-state index in [0.717, 1.165) is 0 Å². The Bertz CT molecular complexity index is 819. The highest BCUT2D eigenvalue weighted by Gasteiger charge is 2.54. The van der Waals surface area contributed by atoms with Crippen LogP contribution in [-0.2, 0) is 10.3 Å². The highest BCUT2D eigenvalue weighted by Crippen LogP contribution is 2.59. The third kappa shape index (κ3) is 2.32. The summed E-state index contributed by atoms with van der Waals surface area (Å²) in [6.07, 6.45) is 0. The van der Waals surface area contributed by atoms with E-state index in [1.807, 2.05) is 18.5 Å². The van der Waals surface area contributed by atoms with Crippen molar-refractivity contribution in [2.24, 2.45) is 0 Å². The molecule has 3 rings (SSSR count). The zero-order valence-electron chi connectivity index (χ0n) is 12.1. The minimum Gasteiger partial charge on any atom is -0.465 e. The van der Waals surface area contributed by atoms with Crippen molar-refractivity contribution in [3.63, 3.8) is 0 Å². The molecule has 7 heteroatoms. The quantitative estimate of drug-likeness (QED) is 0.647. The Morgan fingerprint density at radius 3 is 2.57 bits per heavy atom. The van der Waals surface area contributed by atoms with Crippen LogP contribution in [0.3, 0.4) is 0 Å². The lowest BCUT2D eigenvalue weighted by Crippen LogP contribution is -2.39. The van der Waals surface area contributed by atoms with Gasteiger partial charge in [-0.05, 0) is 23.3 Å². The molecule has 3 atom stereocenters. The Labute approximate surface area is 142 Å². The molecule has 0 aliphatic heterocycles. The van der Waals surface area contributed by atoms with Crippen LogP contribution in [0.4, 0.5) is 4.39 Å². The van der Waals surface area contributed by atoms with Gasteiger partial charge < -0.3 is 9.84 Å². The molecule has 0 heterocycles. The number of carbonyl (C=O) groups excluding carboxylic acids is 1. The Morgan fingerprint density at radius 2 is 1.96 bits per heavy atom. The first-order valence-corrected chi connectivity index (χ1v) is 8.26. The van der Waals surface area contributed by atoms with Crippen molar-refractivity contribution in [2.75, 3.05) is 7.11 Å². The maximum atomic E-state index is 14.9. The first kappa shape index (κ1) is 16.8. The summed E-state index contributed by atoms with van der Waals surface area (Å²) in [6, 6.07) is 9.76. The van der Waals surface area contributed by atoms with Crippen molar-refractivity contribution < 1.29 is 19.0 Å². The molecule has 0 saturated carbocycles. The second-order valence-corrected chi connectivity index (χ2v) is 8.18. The van der Waals surface area contributed by atoms with Gasteiger partial charge in [-0.3, -0.25) is 0 Å². The SMILES string of the molecule is COC(=O)c1cc(Cl)cc2c1-c1ccccc1C2(O)C(F)(P)P. The van der Waals surface area contributed by atoms with E-state index < -0.39 is 16.7 Å². The van der Waals surface area contributed by atoms with Gasteiger partial charge in [-0.25, -0.2) is 9.18 Å². The fourth-order valence-corrected chi connectivity index (χ4v) is 3.87. The molecule has 0 aromatic heterocycles. The number of halogens is 2. The fraction of sp³-hybridized carbons (Fsp3) is 0.188. The Hall–Kier alpha value is -1.05. The molecule has 2 aromatic carbocycles. The zero-order chi connectivity index (χ0) is 17.0. The van der Waals surface area contributed by atoms with E-state index in [0.29, 0.717) is 16.7 Å². The first-order chi connectivity index (χ1) is 10.7. The van der Waals surface area contributed by atoms with Gasteiger partial charge >= 0.3 is 5.97 Å². The van der Waals surface area contributed by atoms with E-state index in [9.17, 15) is 14.3 Å². The Morgan fingerprint density at radius 1 is 1.30 bits per heavy atom. The normalized spacial score (nSPS) is 19.2. The maximum absolute atomic E-state index is 14.9. The van der Waals surface area contributed by atoms with Crippen LogP contribution >= 0.6 is 30.1 Å². The molecule has 1 aliphatic carbocycles. The largest absolute Gasteiger partial charge is 0.465 e. The smallest absolute Gasteiger partial charge is 0.338 e. The van der Waals surface area contributed by atoms with E-state index in [4.69, 9.17) is 16.3 Å². The third-order valence-electron chi connectivity index (χ3n) is 4.04. The molecule has 0 saturated heterocycles. The van der Waals surface area contributed by atoms with Gasteiger partial charge in [-0.15, -0.1) is 0 Å². The lowest BCUT2D eigenvalue weighted by molar-refractivity contribution is 0.0228. The van der Waals surface area contributed by atoms with Crippen LogP contribution in [0, 0.1) is 0 Å². The number of hydrogen-bond acceptors (Lipinski definition) is 3. The molecule has 1 N–H and O–H groups in total. The monoisotopic (exact) mass is 370 g/mol. The molecule has 120 valence electrons. The molecule has 1 aliphatic rings. The molecule has 0 radical (unpaired) electrons. The minimum absolute atomic E-state index is 0.192. The lowest BCUT2D eigenvalue weighted by atomic mass is 9.91. The van der Waals surface area contributed by atoms with Crippen LogP contribution in [0.15, 0.2) is 36.4 Å². The highest BCUT2D eigenvalue weighted by atomic mass is 35.5. The number of alkyl halides is 1. The fourth-order valence-electron chi connectivity index (χ4n) is 3.03. The van der Waals surface area contributed by atoms with Crippen molar-refractivity contribution in [1.29, 1.82) is 0 Å². The molecular weight excluding hydrogens is 357 g/mol. The van der Waals surface area contributed by atoms with Crippen molar-refractivity contribution in [3.8, 4) is 11.1 Å². The number of benzene rings is 2. The van der Waals surface area contributed by atoms with Crippen molar-refractivity contribution in [2.45, 2.75) is 10.8 Å². The van der Waals surface area contributed by atoms with E-state index in [1.165, 1.54) is 19.2 Å². The predicted molar refractivity (Wildman–Crippen MR) is 94.5 cm³/mol. The summed E-state index contributed by atoms with van der Waals surface area (Å²) in [5.74, 6) is -0.597. The molecule has 23 heavy (non-hydrogen) atoms. The lowest BCUT2D eigenvalue weighted by Gasteiger charge is -2.35. The summed E-state index contributed by atoms with van der Waals surface area (Å²) in [5.41, 5.74) is -0.158. The van der Waals surface area contributed by atoms with Crippen LogP contribution in [0.1, 0.15) is 21.5 Å². The van der Waals surface area contributed by atoms with Crippen LogP contribution < -0.4 is 0 Å². The maximum Gasteiger partial charge on any atom is 0.338 e. The van der Waals surface area contributed by atoms with E-state index in [-0.39, 0.29) is 16.1 Å². The molecule has 3 nitrogen and oxygen atoms in total. The number of hydrogen-bond donors (Lipinski definition) is 1. The second kappa shape index (κ2) is 5.50. The molecule has 2 aromatic rings. The topological polar surface area (TPSA) is 46.5 Å². The number of fused-ring (bicyclic) bond motifs is 3. The number of rotatable bonds is 2. The molecule has 0 fully saturated rings. The number of ether oxygens (including phenoxy) is 1. The van der Waals surface area contributed by atoms with Crippen molar-refractivity contribution in [3.05, 3.63) is 58.1 Å². The summed E-state index contributed by atoms with van der Waals surface area (Å²) >= 11 is 6.09. The van der Waals surface area contributed by atoms with Gasteiger partial charge in [0.25, 0.3) is 0 Å². The second-order valence-electron chi connectivity index (χ2n) is 5.39. The molecule has 0 bridgehead atoms. The van der Waals surface area contributed by atoms with E-state index in [2.05, 4.69) is 0 Å². The average molecular weight is 371 g/mol. The van der Waals surface area contributed by atoms with Crippen molar-refractivity contribution >= 4 is 36.0 Å². The van der Waals surface area contributed by atoms with Crippen molar-refractivity contribution in [1.82, 2.24) is 0 Å². The number of aliphatic hydroxyl groups is 1. The first-order valence-electron chi connectivity index (χ1n) is 6.73. The van der Waals surface area contributed by atoms with Gasteiger partial charge in [0.1, 0.15) is 0 Å². The van der Waals surface area contributed by atoms with Crippen LogP contribution in [0.2, 0.25) is 5.02 Å². The number of methoxy groups -OCH3 is 1. The van der Waals surface area contributed by atoms with Gasteiger partial charge in [0, 0.05) is 16.1 Å². The zero-order valence-corrected chi connectivity index (χ0v) is 15.2. The molecule has 3 unspecified atom stereocenters. The van der Waals surface area contributed by atoms with Gasteiger partial charge in [-0.2, -0.15) is 0 Å². The summed E-state index contributed by atoms with van der Waals surface area (Å²) < 4.78 is 19.7. The number of carbonyl (C=O) groups is 1. The summed E-state index contributed by atoms with van der Waals surface area (Å²) in [6.45, 7) is 0. The van der Waals surface area contributed by atoms with Gasteiger partial charge in [-0.1, -0.05) is 54.3 Å². The van der Waals surface area contributed by atoms with Crippen LogP contribution in [0.25, 0.3) is 11.1 Å². The molecule has 0 spiro atoms. The Kier molecular flexibility index (Phi) is 4.01. The molecule has 0 amide bonds. The highest BCUT2D eigenvalue weighted by molar-refractivity contribution is 7.39. The molecular formula is C16H14ClFO3P2. The summed E-state index contributed by atoms with van der Waals surface area (Å²) in [4.78, 5) is 12.1. The van der Waals surface area contributed by atoms with Gasteiger partial charge in [0.05, 0.1) is 12.7 Å². The van der Waals surface area contributed by atoms with E-state index in [1.54, 1.807) is 24.3 Å². The van der Waals surface area contributed by atoms with Gasteiger partial charge in [0.15, 0.2) is 10.8 Å². The standard InChI is InChI=1S/C16H14ClFO3P2/c1-21-14(19)10-6-8(17)7-12-13(10)9-4-2-3-5-11(9)15(12,20)16(18,22)23/h2-7,20H,22-23H2,1H3. The summed E-state index contributed by atoms with van der Waals surface area (Å²) in [7, 11) is 5.23. The minimum atomic E-state index is -2.15. The average Bonchev–Trinajstić information content (AvgIpc) is 2.76. The van der Waals surface area contributed by atoms with Crippen LogP contribution in [-0.4, -0.2) is 23.3 Å². The van der Waals surface area contributed by atoms with Gasteiger partial charge in [0.2, 0.25) is 0 Å². The number of esters is 1. The predicted octanol–water partition coefficient (Wildman–Crippen LogP) is 3.72. The summed E-state index contributed by atoms with van der Waals surface area (Å²) in [5, 5.41) is 9.28. The van der Waals surface area contributed by atoms with E-state index >= 15 is 0 Å². The third-order valence-corrected chi connectivity index (χ3v) is 5.09. The Balaban J connectivity index is 2.46. The van der Waals surface area contributed by atoms with Crippen LogP contribution in [0.5, 0.6) is 0 Å².